The van der Waals surface area contributed by atoms with Crippen molar-refractivity contribution < 1.29 is 13.2 Å². The summed E-state index contributed by atoms with van der Waals surface area (Å²) in [5, 5.41) is 8.15. The fourth-order valence-electron chi connectivity index (χ4n) is 6.47. The van der Waals surface area contributed by atoms with Crippen LogP contribution >= 0.6 is 0 Å². The van der Waals surface area contributed by atoms with Crippen LogP contribution in [0.4, 0.5) is 5.95 Å². The maximum Gasteiger partial charge on any atom is 0.242 e. The standard InChI is InChI=1S/C21H28N4O3S/c1-29(26,27)24-21-23-22-20-9-19(18(10-25(20)21)13-2-3-13)28-11-12-6-16-14-4-5-15(8-14)17(16)7-12/h9-10,12-17H,2-8,11H2,1H3,(H,23,24)/t12?,14-,15+,16+,17-. The number of sulfonamides is 1. The molecule has 29 heavy (non-hydrogen) atoms. The summed E-state index contributed by atoms with van der Waals surface area (Å²) in [5.74, 6) is 6.17. The first-order chi connectivity index (χ1) is 13.9. The van der Waals surface area contributed by atoms with E-state index in [9.17, 15) is 8.42 Å². The molecule has 2 aromatic rings. The Hall–Kier alpha value is -1.83. The van der Waals surface area contributed by atoms with Crippen molar-refractivity contribution >= 4 is 21.6 Å². The van der Waals surface area contributed by atoms with Crippen LogP contribution in [0.25, 0.3) is 5.65 Å². The lowest BCUT2D eigenvalue weighted by Crippen LogP contribution is -2.15. The number of ether oxygens (including phenoxy) is 1. The first-order valence-electron chi connectivity index (χ1n) is 10.9. The summed E-state index contributed by atoms with van der Waals surface area (Å²) in [6, 6.07) is 1.92. The number of fused-ring (bicyclic) bond motifs is 6. The summed E-state index contributed by atoms with van der Waals surface area (Å²) in [4.78, 5) is 0. The van der Waals surface area contributed by atoms with E-state index in [1.165, 1.54) is 32.1 Å². The van der Waals surface area contributed by atoms with Crippen molar-refractivity contribution in [3.8, 4) is 5.75 Å². The molecule has 4 aliphatic carbocycles. The smallest absolute Gasteiger partial charge is 0.242 e. The lowest BCUT2D eigenvalue weighted by atomic mass is 9.82. The van der Waals surface area contributed by atoms with Crippen LogP contribution in [0.2, 0.25) is 0 Å². The number of hydrogen-bond donors (Lipinski definition) is 1. The van der Waals surface area contributed by atoms with Crippen LogP contribution in [0.5, 0.6) is 5.75 Å². The summed E-state index contributed by atoms with van der Waals surface area (Å²) in [6.45, 7) is 0.783. The molecule has 156 valence electrons. The van der Waals surface area contributed by atoms with E-state index in [4.69, 9.17) is 4.74 Å². The van der Waals surface area contributed by atoms with Gasteiger partial charge in [-0.25, -0.2) is 8.42 Å². The summed E-state index contributed by atoms with van der Waals surface area (Å²) >= 11 is 0. The maximum absolute atomic E-state index is 11.6. The Morgan fingerprint density at radius 3 is 2.48 bits per heavy atom. The third-order valence-corrected chi connectivity index (χ3v) is 8.34. The Labute approximate surface area is 171 Å². The van der Waals surface area contributed by atoms with Crippen molar-refractivity contribution in [2.45, 2.75) is 50.9 Å². The van der Waals surface area contributed by atoms with Crippen LogP contribution in [0.1, 0.15) is 56.4 Å². The zero-order valence-corrected chi connectivity index (χ0v) is 17.6. The minimum Gasteiger partial charge on any atom is -0.493 e. The normalized spacial score (nSPS) is 33.3. The third-order valence-electron chi connectivity index (χ3n) is 7.79. The van der Waals surface area contributed by atoms with Crippen LogP contribution in [-0.4, -0.2) is 35.9 Å². The predicted octanol–water partition coefficient (Wildman–Crippen LogP) is 3.43. The number of anilines is 1. The van der Waals surface area contributed by atoms with Crippen LogP contribution in [0, 0.1) is 29.6 Å². The van der Waals surface area contributed by atoms with Gasteiger partial charge in [-0.3, -0.25) is 9.12 Å². The van der Waals surface area contributed by atoms with Crippen molar-refractivity contribution in [1.82, 2.24) is 14.6 Å². The van der Waals surface area contributed by atoms with E-state index in [2.05, 4.69) is 14.9 Å². The highest BCUT2D eigenvalue weighted by Crippen LogP contribution is 2.60. The quantitative estimate of drug-likeness (QED) is 0.780. The molecular weight excluding hydrogens is 388 g/mol. The average Bonchev–Trinajstić information content (AvgIpc) is 3.02. The molecule has 5 atom stereocenters. The topological polar surface area (TPSA) is 85.6 Å². The van der Waals surface area contributed by atoms with E-state index in [-0.39, 0.29) is 5.95 Å². The molecule has 1 unspecified atom stereocenters. The molecule has 4 aliphatic rings. The maximum atomic E-state index is 11.6. The molecule has 2 bridgehead atoms. The number of nitrogens with one attached hydrogen (secondary N) is 1. The molecule has 2 aromatic heterocycles. The van der Waals surface area contributed by atoms with Gasteiger partial charge in [0.2, 0.25) is 16.0 Å². The Bertz CT molecular complexity index is 1040. The molecule has 1 N–H and O–H groups in total. The lowest BCUT2D eigenvalue weighted by Gasteiger charge is -2.23. The van der Waals surface area contributed by atoms with Crippen LogP contribution in [-0.2, 0) is 10.0 Å². The SMILES string of the molecule is CS(=O)(=O)Nc1nnc2cc(OCC3C[C@@H]4[C@H]5CC[C@H](C5)[C@@H]4C3)c(C3CC3)cn12. The molecule has 0 aromatic carbocycles. The molecule has 0 spiro atoms. The monoisotopic (exact) mass is 416 g/mol. The summed E-state index contributed by atoms with van der Waals surface area (Å²) < 4.78 is 33.8. The van der Waals surface area contributed by atoms with Gasteiger partial charge >= 0.3 is 0 Å². The second-order valence-corrected chi connectivity index (χ2v) is 11.6. The first kappa shape index (κ1) is 18.0. The van der Waals surface area contributed by atoms with Crippen molar-refractivity contribution in [2.24, 2.45) is 29.6 Å². The number of nitrogens with zero attached hydrogens (tertiary/aromatic N) is 3. The molecule has 0 amide bonds. The minimum absolute atomic E-state index is 0.232. The van der Waals surface area contributed by atoms with E-state index in [0.717, 1.165) is 60.7 Å². The number of pyridine rings is 1. The summed E-state index contributed by atoms with van der Waals surface area (Å²) in [7, 11) is -3.40. The first-order valence-corrected chi connectivity index (χ1v) is 12.8. The predicted molar refractivity (Wildman–Crippen MR) is 109 cm³/mol. The molecular formula is C21H28N4O3S. The van der Waals surface area contributed by atoms with Gasteiger partial charge in [-0.2, -0.15) is 0 Å². The van der Waals surface area contributed by atoms with Gasteiger partial charge in [0.15, 0.2) is 5.65 Å². The minimum atomic E-state index is -3.40. The number of aromatic nitrogens is 3. The van der Waals surface area contributed by atoms with Crippen molar-refractivity contribution in [1.29, 1.82) is 0 Å². The lowest BCUT2D eigenvalue weighted by molar-refractivity contribution is 0.237. The van der Waals surface area contributed by atoms with E-state index < -0.39 is 10.0 Å². The van der Waals surface area contributed by atoms with E-state index in [1.807, 2.05) is 12.3 Å². The number of rotatable bonds is 6. The number of hydrogen-bond acceptors (Lipinski definition) is 5. The Kier molecular flexibility index (Phi) is 3.93. The van der Waals surface area contributed by atoms with Gasteiger partial charge in [-0.05, 0) is 80.5 Å². The van der Waals surface area contributed by atoms with Crippen molar-refractivity contribution in [2.75, 3.05) is 17.6 Å². The molecule has 8 heteroatoms. The van der Waals surface area contributed by atoms with Crippen molar-refractivity contribution in [3.05, 3.63) is 17.8 Å². The van der Waals surface area contributed by atoms with Gasteiger partial charge in [-0.1, -0.05) is 0 Å². The zero-order valence-electron chi connectivity index (χ0n) is 16.8. The fraction of sp³-hybridized carbons (Fsp3) is 0.714. The molecule has 4 saturated carbocycles. The Balaban J connectivity index is 1.22. The Morgan fingerprint density at radius 2 is 1.83 bits per heavy atom. The van der Waals surface area contributed by atoms with E-state index in [1.54, 1.807) is 4.40 Å². The summed E-state index contributed by atoms with van der Waals surface area (Å²) in [6.07, 6.45) is 12.4. The van der Waals surface area contributed by atoms with Crippen LogP contribution < -0.4 is 9.46 Å². The molecule has 6 rings (SSSR count). The van der Waals surface area contributed by atoms with Gasteiger partial charge in [0.1, 0.15) is 5.75 Å². The highest BCUT2D eigenvalue weighted by atomic mass is 32.2. The van der Waals surface area contributed by atoms with Crippen LogP contribution in [0.3, 0.4) is 0 Å². The molecule has 4 fully saturated rings. The van der Waals surface area contributed by atoms with E-state index in [0.29, 0.717) is 17.5 Å². The van der Waals surface area contributed by atoms with Gasteiger partial charge in [0.05, 0.1) is 12.9 Å². The van der Waals surface area contributed by atoms with E-state index >= 15 is 0 Å². The fourth-order valence-corrected chi connectivity index (χ4v) is 6.94. The average molecular weight is 417 g/mol. The van der Waals surface area contributed by atoms with Crippen LogP contribution in [0.15, 0.2) is 12.3 Å². The second kappa shape index (κ2) is 6.33. The molecule has 2 heterocycles. The molecule has 0 aliphatic heterocycles. The van der Waals surface area contributed by atoms with Gasteiger partial charge in [-0.15, -0.1) is 10.2 Å². The largest absolute Gasteiger partial charge is 0.493 e. The highest BCUT2D eigenvalue weighted by molar-refractivity contribution is 7.92. The highest BCUT2D eigenvalue weighted by Gasteiger charge is 2.51. The van der Waals surface area contributed by atoms with Gasteiger partial charge in [0, 0.05) is 17.8 Å². The third kappa shape index (κ3) is 3.20. The molecule has 0 radical (unpaired) electrons. The summed E-state index contributed by atoms with van der Waals surface area (Å²) in [5.41, 5.74) is 1.75. The van der Waals surface area contributed by atoms with Crippen molar-refractivity contribution in [3.63, 3.8) is 0 Å². The zero-order chi connectivity index (χ0) is 19.8. The second-order valence-electron chi connectivity index (χ2n) is 9.80. The molecule has 0 saturated heterocycles. The Morgan fingerprint density at radius 1 is 1.10 bits per heavy atom. The van der Waals surface area contributed by atoms with Gasteiger partial charge < -0.3 is 4.74 Å². The molecule has 7 nitrogen and oxygen atoms in total. The van der Waals surface area contributed by atoms with Gasteiger partial charge in [0.25, 0.3) is 0 Å².